The number of hydrogen-bond donors (Lipinski definition) is 2. The Morgan fingerprint density at radius 3 is 3.00 bits per heavy atom. The van der Waals surface area contributed by atoms with Crippen molar-refractivity contribution in [3.63, 3.8) is 0 Å². The number of rotatable bonds is 2. The normalized spacial score (nSPS) is 15.7. The molecular weight excluding hydrogens is 176 g/mol. The Labute approximate surface area is 84.7 Å². The van der Waals surface area contributed by atoms with E-state index in [0.29, 0.717) is 6.04 Å². The summed E-state index contributed by atoms with van der Waals surface area (Å²) in [4.78, 5) is 0. The Morgan fingerprint density at radius 1 is 1.50 bits per heavy atom. The molecule has 4 heteroatoms. The van der Waals surface area contributed by atoms with Crippen molar-refractivity contribution >= 4 is 5.82 Å². The fraction of sp³-hybridized carbons (Fsp3) is 0.700. The highest BCUT2D eigenvalue weighted by atomic mass is 15.3. The summed E-state index contributed by atoms with van der Waals surface area (Å²) in [7, 11) is 2.00. The van der Waals surface area contributed by atoms with Crippen molar-refractivity contribution in [2.45, 2.75) is 32.9 Å². The molecule has 2 heterocycles. The van der Waals surface area contributed by atoms with Crippen LogP contribution in [0.15, 0.2) is 0 Å². The van der Waals surface area contributed by atoms with Crippen molar-refractivity contribution in [2.75, 3.05) is 11.9 Å². The van der Waals surface area contributed by atoms with Crippen LogP contribution in [0.1, 0.15) is 25.1 Å². The van der Waals surface area contributed by atoms with E-state index in [2.05, 4.69) is 29.6 Å². The maximum absolute atomic E-state index is 4.50. The quantitative estimate of drug-likeness (QED) is 0.734. The van der Waals surface area contributed by atoms with E-state index < -0.39 is 0 Å². The Kier molecular flexibility index (Phi) is 2.46. The van der Waals surface area contributed by atoms with Gasteiger partial charge in [-0.25, -0.2) is 0 Å². The van der Waals surface area contributed by atoms with Gasteiger partial charge in [0.25, 0.3) is 0 Å². The van der Waals surface area contributed by atoms with Gasteiger partial charge < -0.3 is 10.6 Å². The van der Waals surface area contributed by atoms with Gasteiger partial charge in [-0.2, -0.15) is 5.10 Å². The van der Waals surface area contributed by atoms with Crippen LogP contribution in [0.5, 0.6) is 0 Å². The monoisotopic (exact) mass is 194 g/mol. The van der Waals surface area contributed by atoms with Crippen LogP contribution in [-0.2, 0) is 20.0 Å². The topological polar surface area (TPSA) is 41.9 Å². The van der Waals surface area contributed by atoms with Crippen LogP contribution < -0.4 is 10.6 Å². The lowest BCUT2D eigenvalue weighted by atomic mass is 10.1. The molecule has 1 aliphatic rings. The zero-order chi connectivity index (χ0) is 10.1. The molecule has 0 aliphatic carbocycles. The van der Waals surface area contributed by atoms with Gasteiger partial charge in [-0.3, -0.25) is 4.68 Å². The van der Waals surface area contributed by atoms with E-state index in [0.717, 1.165) is 19.5 Å². The fourth-order valence-corrected chi connectivity index (χ4v) is 1.90. The summed E-state index contributed by atoms with van der Waals surface area (Å²) >= 11 is 0. The second-order valence-corrected chi connectivity index (χ2v) is 4.12. The predicted molar refractivity (Wildman–Crippen MR) is 57.4 cm³/mol. The highest BCUT2D eigenvalue weighted by Gasteiger charge is 2.18. The van der Waals surface area contributed by atoms with E-state index in [9.17, 15) is 0 Å². The van der Waals surface area contributed by atoms with Crippen LogP contribution in [0.25, 0.3) is 0 Å². The van der Waals surface area contributed by atoms with Gasteiger partial charge in [-0.15, -0.1) is 0 Å². The highest BCUT2D eigenvalue weighted by molar-refractivity contribution is 5.49. The number of anilines is 1. The zero-order valence-corrected chi connectivity index (χ0v) is 9.09. The molecule has 0 saturated heterocycles. The first-order valence-electron chi connectivity index (χ1n) is 5.20. The molecule has 4 nitrogen and oxygen atoms in total. The van der Waals surface area contributed by atoms with Crippen molar-refractivity contribution in [1.82, 2.24) is 15.1 Å². The van der Waals surface area contributed by atoms with Crippen molar-refractivity contribution in [3.05, 3.63) is 11.3 Å². The molecule has 0 spiro atoms. The van der Waals surface area contributed by atoms with E-state index in [1.807, 2.05) is 11.7 Å². The first-order chi connectivity index (χ1) is 6.68. The second kappa shape index (κ2) is 3.61. The number of hydrogen-bond acceptors (Lipinski definition) is 3. The molecule has 0 bridgehead atoms. The molecule has 1 aromatic heterocycles. The minimum absolute atomic E-state index is 0.462. The van der Waals surface area contributed by atoms with Gasteiger partial charge in [0, 0.05) is 25.2 Å². The smallest absolute Gasteiger partial charge is 0.127 e. The largest absolute Gasteiger partial charge is 0.368 e. The minimum atomic E-state index is 0.462. The SMILES string of the molecule is CC(C)Nc1c2c(nn1C)CNCC2. The molecule has 0 fully saturated rings. The fourth-order valence-electron chi connectivity index (χ4n) is 1.90. The molecule has 0 atom stereocenters. The third kappa shape index (κ3) is 1.62. The summed E-state index contributed by atoms with van der Waals surface area (Å²) < 4.78 is 1.96. The Morgan fingerprint density at radius 2 is 2.29 bits per heavy atom. The van der Waals surface area contributed by atoms with Crippen molar-refractivity contribution in [2.24, 2.45) is 7.05 Å². The summed E-state index contributed by atoms with van der Waals surface area (Å²) in [6.45, 7) is 6.27. The molecule has 2 rings (SSSR count). The minimum Gasteiger partial charge on any atom is -0.368 e. The molecule has 14 heavy (non-hydrogen) atoms. The van der Waals surface area contributed by atoms with Gasteiger partial charge in [-0.1, -0.05) is 0 Å². The van der Waals surface area contributed by atoms with Crippen LogP contribution in [-0.4, -0.2) is 22.4 Å². The average Bonchev–Trinajstić information content (AvgIpc) is 2.43. The maximum Gasteiger partial charge on any atom is 0.127 e. The van der Waals surface area contributed by atoms with E-state index in [4.69, 9.17) is 0 Å². The predicted octanol–water partition coefficient (Wildman–Crippen LogP) is 0.886. The average molecular weight is 194 g/mol. The molecule has 78 valence electrons. The van der Waals surface area contributed by atoms with Crippen LogP contribution >= 0.6 is 0 Å². The maximum atomic E-state index is 4.50. The summed E-state index contributed by atoms with van der Waals surface area (Å²) in [6.07, 6.45) is 1.08. The second-order valence-electron chi connectivity index (χ2n) is 4.12. The number of fused-ring (bicyclic) bond motifs is 1. The Balaban J connectivity index is 2.33. The van der Waals surface area contributed by atoms with E-state index in [1.165, 1.54) is 17.1 Å². The molecule has 0 aromatic carbocycles. The number of aromatic nitrogens is 2. The van der Waals surface area contributed by atoms with Gasteiger partial charge in [0.1, 0.15) is 5.82 Å². The molecule has 0 saturated carbocycles. The van der Waals surface area contributed by atoms with Crippen molar-refractivity contribution in [1.29, 1.82) is 0 Å². The molecule has 1 aliphatic heterocycles. The van der Waals surface area contributed by atoms with Crippen LogP contribution in [0.3, 0.4) is 0 Å². The van der Waals surface area contributed by atoms with Crippen LogP contribution in [0.4, 0.5) is 5.82 Å². The van der Waals surface area contributed by atoms with Crippen LogP contribution in [0, 0.1) is 0 Å². The van der Waals surface area contributed by atoms with Gasteiger partial charge in [-0.05, 0) is 26.8 Å². The van der Waals surface area contributed by atoms with Gasteiger partial charge in [0.05, 0.1) is 5.69 Å². The number of nitrogens with zero attached hydrogens (tertiary/aromatic N) is 2. The number of aryl methyl sites for hydroxylation is 1. The number of nitrogens with one attached hydrogen (secondary N) is 2. The lowest BCUT2D eigenvalue weighted by molar-refractivity contribution is 0.625. The van der Waals surface area contributed by atoms with E-state index in [1.54, 1.807) is 0 Å². The van der Waals surface area contributed by atoms with Gasteiger partial charge >= 0.3 is 0 Å². The highest BCUT2D eigenvalue weighted by Crippen LogP contribution is 2.22. The summed E-state index contributed by atoms with van der Waals surface area (Å²) in [5, 5.41) is 11.3. The third-order valence-electron chi connectivity index (χ3n) is 2.50. The lowest BCUT2D eigenvalue weighted by Gasteiger charge is -2.15. The summed E-state index contributed by atoms with van der Waals surface area (Å²) in [6, 6.07) is 0.462. The molecule has 0 unspecified atom stereocenters. The molecule has 0 radical (unpaired) electrons. The third-order valence-corrected chi connectivity index (χ3v) is 2.50. The molecule has 2 N–H and O–H groups in total. The van der Waals surface area contributed by atoms with Crippen LogP contribution in [0.2, 0.25) is 0 Å². The lowest BCUT2D eigenvalue weighted by Crippen LogP contribution is -2.24. The van der Waals surface area contributed by atoms with Gasteiger partial charge in [0.15, 0.2) is 0 Å². The first kappa shape index (κ1) is 9.52. The summed E-state index contributed by atoms with van der Waals surface area (Å²) in [5.41, 5.74) is 2.59. The molecular formula is C10H18N4. The Bertz CT molecular complexity index is 327. The molecule has 1 aromatic rings. The van der Waals surface area contributed by atoms with Crippen molar-refractivity contribution in [3.8, 4) is 0 Å². The van der Waals surface area contributed by atoms with Gasteiger partial charge in [0.2, 0.25) is 0 Å². The summed E-state index contributed by atoms with van der Waals surface area (Å²) in [5.74, 6) is 1.19. The van der Waals surface area contributed by atoms with Crippen molar-refractivity contribution < 1.29 is 0 Å². The van der Waals surface area contributed by atoms with E-state index >= 15 is 0 Å². The first-order valence-corrected chi connectivity index (χ1v) is 5.20. The standard InChI is InChI=1S/C10H18N4/c1-7(2)12-10-8-4-5-11-6-9(8)13-14(10)3/h7,11-12H,4-6H2,1-3H3. The zero-order valence-electron chi connectivity index (χ0n) is 9.09. The molecule has 0 amide bonds. The van der Waals surface area contributed by atoms with E-state index in [-0.39, 0.29) is 0 Å². The Hall–Kier alpha value is -1.03.